The molecule has 0 spiro atoms. The van der Waals surface area contributed by atoms with Gasteiger partial charge in [0.1, 0.15) is 5.52 Å². The van der Waals surface area contributed by atoms with Crippen molar-refractivity contribution in [2.24, 2.45) is 0 Å². The summed E-state index contributed by atoms with van der Waals surface area (Å²) in [6, 6.07) is 2.60. The largest absolute Gasteiger partial charge is 0.416 e. The Balaban J connectivity index is 2.62. The lowest BCUT2D eigenvalue weighted by Gasteiger charge is -2.04. The van der Waals surface area contributed by atoms with E-state index in [9.17, 15) is 17.6 Å². The summed E-state index contributed by atoms with van der Waals surface area (Å²) in [5.74, 6) is 0. The van der Waals surface area contributed by atoms with Crippen LogP contribution in [0.15, 0.2) is 22.6 Å². The Morgan fingerprint density at radius 3 is 2.57 bits per heavy atom. The second-order valence-electron chi connectivity index (χ2n) is 2.65. The van der Waals surface area contributed by atoms with Crippen LogP contribution in [0.1, 0.15) is 5.56 Å². The van der Waals surface area contributed by atoms with Gasteiger partial charge in [-0.05, 0) is 18.2 Å². The van der Waals surface area contributed by atoms with E-state index in [1.54, 1.807) is 0 Å². The van der Waals surface area contributed by atoms with Crippen LogP contribution < -0.4 is 0 Å². The van der Waals surface area contributed by atoms with Crippen LogP contribution in [0.5, 0.6) is 0 Å². The summed E-state index contributed by atoms with van der Waals surface area (Å²) >= 11 is 0. The van der Waals surface area contributed by atoms with Crippen LogP contribution >= 0.6 is 0 Å². The summed E-state index contributed by atoms with van der Waals surface area (Å²) in [6.07, 6.45) is -5.60. The molecule has 0 unspecified atom stereocenters. The van der Waals surface area contributed by atoms with Crippen molar-refractivity contribution >= 4 is 11.1 Å². The first-order chi connectivity index (χ1) is 6.47. The Labute approximate surface area is 75.2 Å². The number of halogens is 4. The fourth-order valence-electron chi connectivity index (χ4n) is 1.07. The fourth-order valence-corrected chi connectivity index (χ4v) is 1.07. The van der Waals surface area contributed by atoms with E-state index in [-0.39, 0.29) is 11.1 Å². The second kappa shape index (κ2) is 2.70. The van der Waals surface area contributed by atoms with E-state index < -0.39 is 17.9 Å². The Morgan fingerprint density at radius 1 is 1.21 bits per heavy atom. The molecule has 1 heterocycles. The van der Waals surface area contributed by atoms with Crippen LogP contribution in [0.25, 0.3) is 11.1 Å². The molecule has 0 aliphatic rings. The van der Waals surface area contributed by atoms with Crippen LogP contribution in [-0.4, -0.2) is 4.98 Å². The lowest BCUT2D eigenvalue weighted by Crippen LogP contribution is -2.03. The first kappa shape index (κ1) is 8.98. The summed E-state index contributed by atoms with van der Waals surface area (Å²) in [5.41, 5.74) is -1.03. The SMILES string of the molecule is Fc1nc2ccc(C(F)(F)F)cc2o1. The molecule has 2 rings (SSSR count). The Bertz CT molecular complexity index is 474. The number of alkyl halides is 3. The van der Waals surface area contributed by atoms with E-state index in [0.29, 0.717) is 6.07 Å². The van der Waals surface area contributed by atoms with Gasteiger partial charge in [0.15, 0.2) is 5.58 Å². The van der Waals surface area contributed by atoms with Gasteiger partial charge in [0, 0.05) is 0 Å². The molecular weight excluding hydrogens is 202 g/mol. The summed E-state index contributed by atoms with van der Waals surface area (Å²) in [4.78, 5) is 3.24. The fraction of sp³-hybridized carbons (Fsp3) is 0.125. The van der Waals surface area contributed by atoms with Crippen LogP contribution in [0.4, 0.5) is 17.6 Å². The maximum atomic E-state index is 12.4. The van der Waals surface area contributed by atoms with Crippen molar-refractivity contribution in [1.29, 1.82) is 0 Å². The molecule has 0 saturated carbocycles. The molecule has 0 amide bonds. The molecule has 0 fully saturated rings. The number of hydrogen-bond acceptors (Lipinski definition) is 2. The number of oxazole rings is 1. The van der Waals surface area contributed by atoms with Gasteiger partial charge in [-0.1, -0.05) is 0 Å². The molecule has 14 heavy (non-hydrogen) atoms. The van der Waals surface area contributed by atoms with Gasteiger partial charge >= 0.3 is 12.3 Å². The van der Waals surface area contributed by atoms with Gasteiger partial charge in [-0.25, -0.2) is 0 Å². The quantitative estimate of drug-likeness (QED) is 0.618. The summed E-state index contributed by atoms with van der Waals surface area (Å²) in [6.45, 7) is 0. The van der Waals surface area contributed by atoms with Crippen molar-refractivity contribution in [3.63, 3.8) is 0 Å². The van der Waals surface area contributed by atoms with Crippen LogP contribution in [-0.2, 0) is 6.18 Å². The monoisotopic (exact) mass is 205 g/mol. The lowest BCUT2D eigenvalue weighted by molar-refractivity contribution is -0.137. The van der Waals surface area contributed by atoms with Gasteiger partial charge in [-0.15, -0.1) is 4.39 Å². The Hall–Kier alpha value is -1.59. The Morgan fingerprint density at radius 2 is 1.93 bits per heavy atom. The highest BCUT2D eigenvalue weighted by Crippen LogP contribution is 2.31. The molecule has 0 aliphatic carbocycles. The average Bonchev–Trinajstić information content (AvgIpc) is 2.41. The van der Waals surface area contributed by atoms with E-state index >= 15 is 0 Å². The smallest absolute Gasteiger partial charge is 0.415 e. The maximum Gasteiger partial charge on any atom is 0.416 e. The predicted molar refractivity (Wildman–Crippen MR) is 39.0 cm³/mol. The van der Waals surface area contributed by atoms with E-state index in [1.165, 1.54) is 0 Å². The van der Waals surface area contributed by atoms with Crippen LogP contribution in [0.2, 0.25) is 0 Å². The van der Waals surface area contributed by atoms with Gasteiger partial charge in [0.05, 0.1) is 5.56 Å². The number of hydrogen-bond donors (Lipinski definition) is 0. The zero-order valence-corrected chi connectivity index (χ0v) is 6.60. The molecule has 2 nitrogen and oxygen atoms in total. The maximum absolute atomic E-state index is 12.4. The summed E-state index contributed by atoms with van der Waals surface area (Å²) < 4.78 is 53.2. The third-order valence-corrected chi connectivity index (χ3v) is 1.69. The van der Waals surface area contributed by atoms with Crippen molar-refractivity contribution in [2.45, 2.75) is 6.18 Å². The molecule has 0 aliphatic heterocycles. The molecule has 0 radical (unpaired) electrons. The molecule has 0 atom stereocenters. The van der Waals surface area contributed by atoms with Crippen LogP contribution in [0.3, 0.4) is 0 Å². The van der Waals surface area contributed by atoms with Gasteiger partial charge in [0.2, 0.25) is 0 Å². The summed E-state index contributed by atoms with van der Waals surface area (Å²) in [5, 5.41) is 0. The van der Waals surface area contributed by atoms with Crippen LogP contribution in [0, 0.1) is 6.14 Å². The molecule has 1 aromatic heterocycles. The van der Waals surface area contributed by atoms with E-state index in [2.05, 4.69) is 9.40 Å². The van der Waals surface area contributed by atoms with Gasteiger partial charge in [0.25, 0.3) is 0 Å². The van der Waals surface area contributed by atoms with Crippen molar-refractivity contribution in [3.05, 3.63) is 29.9 Å². The molecule has 0 bridgehead atoms. The second-order valence-corrected chi connectivity index (χ2v) is 2.65. The number of rotatable bonds is 0. The van der Waals surface area contributed by atoms with Gasteiger partial charge in [-0.2, -0.15) is 18.2 Å². The van der Waals surface area contributed by atoms with E-state index in [1.807, 2.05) is 0 Å². The predicted octanol–water partition coefficient (Wildman–Crippen LogP) is 2.99. The third-order valence-electron chi connectivity index (χ3n) is 1.69. The minimum atomic E-state index is -4.46. The van der Waals surface area contributed by atoms with Crippen molar-refractivity contribution in [2.75, 3.05) is 0 Å². The van der Waals surface area contributed by atoms with Gasteiger partial charge < -0.3 is 4.42 Å². The van der Waals surface area contributed by atoms with Gasteiger partial charge in [-0.3, -0.25) is 0 Å². The highest BCUT2D eigenvalue weighted by Gasteiger charge is 2.31. The first-order valence-corrected chi connectivity index (χ1v) is 3.60. The average molecular weight is 205 g/mol. The van der Waals surface area contributed by atoms with Crippen molar-refractivity contribution < 1.29 is 22.0 Å². The molecule has 6 heteroatoms. The minimum absolute atomic E-state index is 0.0653. The standard InChI is InChI=1S/C8H3F4NO/c9-7-13-5-2-1-4(8(10,11)12)3-6(5)14-7/h1-3H. The molecular formula is C8H3F4NO. The first-order valence-electron chi connectivity index (χ1n) is 3.60. The van der Waals surface area contributed by atoms with E-state index in [4.69, 9.17) is 0 Å². The number of benzene rings is 1. The Kier molecular flexibility index (Phi) is 1.73. The molecule has 1 aromatic carbocycles. The number of aromatic nitrogens is 1. The zero-order chi connectivity index (χ0) is 10.3. The minimum Gasteiger partial charge on any atom is -0.415 e. The number of nitrogens with zero attached hydrogens (tertiary/aromatic N) is 1. The zero-order valence-electron chi connectivity index (χ0n) is 6.60. The molecule has 0 saturated heterocycles. The highest BCUT2D eigenvalue weighted by molar-refractivity contribution is 5.73. The van der Waals surface area contributed by atoms with E-state index in [0.717, 1.165) is 12.1 Å². The third kappa shape index (κ3) is 1.43. The topological polar surface area (TPSA) is 26.0 Å². The molecule has 74 valence electrons. The lowest BCUT2D eigenvalue weighted by atomic mass is 10.2. The normalized spacial score (nSPS) is 12.3. The van der Waals surface area contributed by atoms with Crippen molar-refractivity contribution in [1.82, 2.24) is 4.98 Å². The summed E-state index contributed by atoms with van der Waals surface area (Å²) in [7, 11) is 0. The highest BCUT2D eigenvalue weighted by atomic mass is 19.4. The number of fused-ring (bicyclic) bond motifs is 1. The van der Waals surface area contributed by atoms with Crippen molar-refractivity contribution in [3.8, 4) is 0 Å². The molecule has 2 aromatic rings. The molecule has 0 N–H and O–H groups in total.